The number of benzene rings is 1. The number of rotatable bonds is 7. The maximum absolute atomic E-state index is 12.5. The molecule has 6 heteroatoms. The zero-order chi connectivity index (χ0) is 19.7. The van der Waals surface area contributed by atoms with Gasteiger partial charge in [-0.3, -0.25) is 9.59 Å². The number of esters is 1. The van der Waals surface area contributed by atoms with E-state index in [-0.39, 0.29) is 23.9 Å². The maximum atomic E-state index is 12.5. The fourth-order valence-electron chi connectivity index (χ4n) is 6.11. The quantitative estimate of drug-likeness (QED) is 0.721. The van der Waals surface area contributed by atoms with Crippen molar-refractivity contribution in [3.8, 4) is 11.5 Å². The van der Waals surface area contributed by atoms with Crippen molar-refractivity contribution in [2.24, 2.45) is 23.2 Å². The summed E-state index contributed by atoms with van der Waals surface area (Å²) in [5.74, 6) is 2.87. The zero-order valence-electron chi connectivity index (χ0n) is 16.7. The van der Waals surface area contributed by atoms with Crippen LogP contribution in [-0.4, -0.2) is 32.7 Å². The number of methoxy groups -OCH3 is 2. The van der Waals surface area contributed by atoms with E-state index in [0.29, 0.717) is 23.6 Å². The van der Waals surface area contributed by atoms with Crippen LogP contribution in [0.1, 0.15) is 44.9 Å². The first-order valence-electron chi connectivity index (χ1n) is 10.2. The highest BCUT2D eigenvalue weighted by atomic mass is 16.5. The molecule has 5 rings (SSSR count). The minimum absolute atomic E-state index is 0.123. The summed E-state index contributed by atoms with van der Waals surface area (Å²) in [4.78, 5) is 24.7. The van der Waals surface area contributed by atoms with Gasteiger partial charge in [0.2, 0.25) is 0 Å². The topological polar surface area (TPSA) is 73.9 Å². The van der Waals surface area contributed by atoms with Gasteiger partial charge in [-0.2, -0.15) is 0 Å². The molecule has 1 amide bonds. The van der Waals surface area contributed by atoms with Gasteiger partial charge in [0.05, 0.1) is 26.3 Å². The Hall–Kier alpha value is -2.24. The van der Waals surface area contributed by atoms with Crippen LogP contribution < -0.4 is 14.8 Å². The van der Waals surface area contributed by atoms with Crippen molar-refractivity contribution >= 4 is 17.6 Å². The number of carbonyl (C=O) groups is 2. The van der Waals surface area contributed by atoms with Crippen LogP contribution in [0.25, 0.3) is 0 Å². The molecule has 0 aromatic heterocycles. The monoisotopic (exact) mass is 387 g/mol. The summed E-state index contributed by atoms with van der Waals surface area (Å²) in [6.07, 6.45) is 7.95. The third kappa shape index (κ3) is 3.96. The van der Waals surface area contributed by atoms with E-state index in [9.17, 15) is 9.59 Å². The third-order valence-corrected chi connectivity index (χ3v) is 6.73. The molecule has 0 radical (unpaired) electrons. The number of hydrogen-bond acceptors (Lipinski definition) is 5. The first-order valence-corrected chi connectivity index (χ1v) is 10.2. The normalized spacial score (nSPS) is 30.0. The minimum atomic E-state index is -0.384. The van der Waals surface area contributed by atoms with Gasteiger partial charge in [-0.15, -0.1) is 0 Å². The second-order valence-corrected chi connectivity index (χ2v) is 8.87. The van der Waals surface area contributed by atoms with Crippen molar-refractivity contribution in [2.75, 3.05) is 26.1 Å². The van der Waals surface area contributed by atoms with Gasteiger partial charge >= 0.3 is 5.97 Å². The van der Waals surface area contributed by atoms with Crippen LogP contribution in [0.15, 0.2) is 18.2 Å². The van der Waals surface area contributed by atoms with Crippen molar-refractivity contribution in [1.29, 1.82) is 0 Å². The van der Waals surface area contributed by atoms with Crippen molar-refractivity contribution in [3.05, 3.63) is 18.2 Å². The van der Waals surface area contributed by atoms with Gasteiger partial charge in [-0.25, -0.2) is 0 Å². The molecule has 4 fully saturated rings. The van der Waals surface area contributed by atoms with Crippen molar-refractivity contribution in [3.63, 3.8) is 0 Å². The van der Waals surface area contributed by atoms with Gasteiger partial charge in [0, 0.05) is 6.07 Å². The SMILES string of the molecule is COc1ccc(OC)c(NC(=O)COC(=O)CC23CC4CC(CC(C4)C2)C3)c1. The molecule has 1 aromatic rings. The summed E-state index contributed by atoms with van der Waals surface area (Å²) in [6.45, 7) is -0.286. The molecule has 4 aliphatic carbocycles. The van der Waals surface area contributed by atoms with Crippen molar-refractivity contribution in [1.82, 2.24) is 0 Å². The molecule has 0 aliphatic heterocycles. The van der Waals surface area contributed by atoms with E-state index in [1.54, 1.807) is 25.3 Å². The van der Waals surface area contributed by atoms with E-state index < -0.39 is 0 Å². The molecular formula is C22H29NO5. The van der Waals surface area contributed by atoms with Crippen LogP contribution in [0.4, 0.5) is 5.69 Å². The highest BCUT2D eigenvalue weighted by molar-refractivity contribution is 5.94. The molecule has 4 aliphatic rings. The Balaban J connectivity index is 1.30. The highest BCUT2D eigenvalue weighted by Crippen LogP contribution is 2.61. The van der Waals surface area contributed by atoms with Crippen LogP contribution in [0.3, 0.4) is 0 Å². The third-order valence-electron chi connectivity index (χ3n) is 6.73. The minimum Gasteiger partial charge on any atom is -0.497 e. The Kier molecular flexibility index (Phi) is 5.21. The smallest absolute Gasteiger partial charge is 0.306 e. The van der Waals surface area contributed by atoms with E-state index >= 15 is 0 Å². The van der Waals surface area contributed by atoms with Crippen LogP contribution in [0, 0.1) is 23.2 Å². The lowest BCUT2D eigenvalue weighted by molar-refractivity contribution is -0.154. The molecule has 4 bridgehead atoms. The number of nitrogens with one attached hydrogen (secondary N) is 1. The summed E-state index contributed by atoms with van der Waals surface area (Å²) in [5.41, 5.74) is 0.613. The lowest BCUT2D eigenvalue weighted by atomic mass is 9.49. The van der Waals surface area contributed by atoms with Gasteiger partial charge < -0.3 is 19.5 Å². The average Bonchev–Trinajstić information content (AvgIpc) is 2.65. The van der Waals surface area contributed by atoms with Crippen LogP contribution in [0.2, 0.25) is 0 Å². The largest absolute Gasteiger partial charge is 0.497 e. The second kappa shape index (κ2) is 7.64. The number of ether oxygens (including phenoxy) is 3. The van der Waals surface area contributed by atoms with Gasteiger partial charge in [-0.1, -0.05) is 0 Å². The van der Waals surface area contributed by atoms with E-state index in [1.165, 1.54) is 26.4 Å². The molecular weight excluding hydrogens is 358 g/mol. The molecule has 0 spiro atoms. The van der Waals surface area contributed by atoms with Crippen molar-refractivity contribution in [2.45, 2.75) is 44.9 Å². The first-order chi connectivity index (χ1) is 13.5. The number of carbonyl (C=O) groups excluding carboxylic acids is 2. The average molecular weight is 387 g/mol. The number of amides is 1. The fourth-order valence-corrected chi connectivity index (χ4v) is 6.11. The Bertz CT molecular complexity index is 724. The molecule has 0 unspecified atom stereocenters. The van der Waals surface area contributed by atoms with E-state index in [0.717, 1.165) is 37.0 Å². The number of hydrogen-bond donors (Lipinski definition) is 1. The summed E-state index contributed by atoms with van der Waals surface area (Å²) >= 11 is 0. The fraction of sp³-hybridized carbons (Fsp3) is 0.636. The standard InChI is InChI=1S/C22H29NO5/c1-26-17-3-4-19(27-2)18(8-17)23-20(24)13-28-21(25)12-22-9-14-5-15(10-22)7-16(6-14)11-22/h3-4,8,14-16H,5-7,9-13H2,1-2H3,(H,23,24). The molecule has 1 aromatic carbocycles. The van der Waals surface area contributed by atoms with Gasteiger partial charge in [0.1, 0.15) is 11.5 Å². The zero-order valence-corrected chi connectivity index (χ0v) is 16.7. The van der Waals surface area contributed by atoms with Crippen LogP contribution >= 0.6 is 0 Å². The Morgan fingerprint density at radius 2 is 1.68 bits per heavy atom. The maximum Gasteiger partial charge on any atom is 0.306 e. The number of anilines is 1. The van der Waals surface area contributed by atoms with Gasteiger partial charge in [0.25, 0.3) is 5.91 Å². The summed E-state index contributed by atoms with van der Waals surface area (Å²) < 4.78 is 15.8. The molecule has 28 heavy (non-hydrogen) atoms. The lowest BCUT2D eigenvalue weighted by Gasteiger charge is -2.56. The Labute approximate surface area is 165 Å². The van der Waals surface area contributed by atoms with E-state index in [4.69, 9.17) is 14.2 Å². The second-order valence-electron chi connectivity index (χ2n) is 8.87. The molecule has 6 nitrogen and oxygen atoms in total. The summed E-state index contributed by atoms with van der Waals surface area (Å²) in [7, 11) is 3.09. The Morgan fingerprint density at radius 3 is 2.25 bits per heavy atom. The first kappa shape index (κ1) is 19.1. The van der Waals surface area contributed by atoms with Crippen LogP contribution in [-0.2, 0) is 14.3 Å². The molecule has 152 valence electrons. The summed E-state index contributed by atoms with van der Waals surface area (Å²) in [6, 6.07) is 5.14. The van der Waals surface area contributed by atoms with Crippen LogP contribution in [0.5, 0.6) is 11.5 Å². The van der Waals surface area contributed by atoms with Gasteiger partial charge in [0.15, 0.2) is 6.61 Å². The summed E-state index contributed by atoms with van der Waals surface area (Å²) in [5, 5.41) is 2.73. The van der Waals surface area contributed by atoms with Gasteiger partial charge in [-0.05, 0) is 73.8 Å². The predicted molar refractivity (Wildman–Crippen MR) is 104 cm³/mol. The highest BCUT2D eigenvalue weighted by Gasteiger charge is 2.51. The molecule has 0 heterocycles. The lowest BCUT2D eigenvalue weighted by Crippen LogP contribution is -2.47. The predicted octanol–water partition coefficient (Wildman–Crippen LogP) is 3.79. The van der Waals surface area contributed by atoms with Crippen molar-refractivity contribution < 1.29 is 23.8 Å². The van der Waals surface area contributed by atoms with E-state index in [2.05, 4.69) is 5.32 Å². The Morgan fingerprint density at radius 1 is 1.04 bits per heavy atom. The molecule has 0 atom stereocenters. The molecule has 0 saturated heterocycles. The molecule has 1 N–H and O–H groups in total. The molecule has 4 saturated carbocycles. The van der Waals surface area contributed by atoms with E-state index in [1.807, 2.05) is 0 Å².